The quantitative estimate of drug-likeness (QED) is 0.520. The van der Waals surface area contributed by atoms with Crippen molar-refractivity contribution in [3.05, 3.63) is 36.4 Å². The Labute approximate surface area is 200 Å². The van der Waals surface area contributed by atoms with Crippen LogP contribution in [0.25, 0.3) is 11.3 Å². The van der Waals surface area contributed by atoms with Crippen molar-refractivity contribution < 1.29 is 50.9 Å². The van der Waals surface area contributed by atoms with Gasteiger partial charge in [-0.2, -0.15) is 26.3 Å². The first-order valence-corrected chi connectivity index (χ1v) is 10.3. The maximum Gasteiger partial charge on any atom is 0.490 e. The number of anilines is 1. The molecule has 0 aliphatic carbocycles. The van der Waals surface area contributed by atoms with Gasteiger partial charge in [-0.3, -0.25) is 0 Å². The minimum absolute atomic E-state index is 0.767. The number of carboxylic acid groups (broad SMARTS) is 2. The van der Waals surface area contributed by atoms with Crippen molar-refractivity contribution in [1.29, 1.82) is 0 Å². The summed E-state index contributed by atoms with van der Waals surface area (Å²) in [6, 6.07) is 12.0. The fraction of sp³-hybridized carbons (Fsp3) is 0.429. The summed E-state index contributed by atoms with van der Waals surface area (Å²) >= 11 is 0. The molecular weight excluding hydrogens is 502 g/mol. The molecule has 3 heterocycles. The summed E-state index contributed by atoms with van der Waals surface area (Å²) in [5.74, 6) is -2.14. The number of rotatable bonds is 3. The van der Waals surface area contributed by atoms with Crippen molar-refractivity contribution in [2.45, 2.75) is 12.4 Å². The topological polar surface area (TPSA) is 125 Å². The minimum Gasteiger partial charge on any atom is -0.497 e. The molecule has 15 heteroatoms. The van der Waals surface area contributed by atoms with Gasteiger partial charge >= 0.3 is 24.3 Å². The summed E-state index contributed by atoms with van der Waals surface area (Å²) in [5.41, 5.74) is 1.95. The van der Waals surface area contributed by atoms with Crippen LogP contribution in [0.1, 0.15) is 0 Å². The monoisotopic (exact) mass is 524 g/mol. The number of aromatic nitrogens is 2. The van der Waals surface area contributed by atoms with E-state index in [0.29, 0.717) is 0 Å². The maximum atomic E-state index is 10.6. The van der Waals surface area contributed by atoms with E-state index in [-0.39, 0.29) is 0 Å². The number of halogens is 6. The van der Waals surface area contributed by atoms with Gasteiger partial charge in [-0.15, -0.1) is 10.2 Å². The highest BCUT2D eigenvalue weighted by Gasteiger charge is 2.39. The van der Waals surface area contributed by atoms with Gasteiger partial charge in [0.1, 0.15) is 5.75 Å². The summed E-state index contributed by atoms with van der Waals surface area (Å²) in [6.07, 6.45) is -10.2. The molecule has 2 saturated heterocycles. The lowest BCUT2D eigenvalue weighted by Gasteiger charge is -2.17. The normalized spacial score (nSPS) is 18.8. The second kappa shape index (κ2) is 11.9. The molecule has 0 saturated carbocycles. The van der Waals surface area contributed by atoms with E-state index in [1.54, 1.807) is 7.11 Å². The highest BCUT2D eigenvalue weighted by atomic mass is 19.4. The number of nitrogens with one attached hydrogen (secondary N) is 1. The Morgan fingerprint density at radius 1 is 0.889 bits per heavy atom. The van der Waals surface area contributed by atoms with Gasteiger partial charge in [-0.05, 0) is 48.2 Å². The van der Waals surface area contributed by atoms with Gasteiger partial charge in [0, 0.05) is 31.7 Å². The number of alkyl halides is 6. The Kier molecular flexibility index (Phi) is 9.44. The largest absolute Gasteiger partial charge is 0.497 e. The fourth-order valence-electron chi connectivity index (χ4n) is 3.45. The molecule has 3 N–H and O–H groups in total. The SMILES string of the molecule is COc1ccc(-c2ccc(N3C[C@H]4CNC[C@H]4C3)nn2)cc1.O=C(O)C(F)(F)F.O=C(O)C(F)(F)F. The average Bonchev–Trinajstić information content (AvgIpc) is 3.41. The zero-order valence-electron chi connectivity index (χ0n) is 18.7. The third-order valence-electron chi connectivity index (χ3n) is 5.23. The van der Waals surface area contributed by atoms with Gasteiger partial charge in [0.25, 0.3) is 0 Å². The van der Waals surface area contributed by atoms with Gasteiger partial charge in [0.05, 0.1) is 12.8 Å². The van der Waals surface area contributed by atoms with Crippen molar-refractivity contribution in [2.24, 2.45) is 11.8 Å². The highest BCUT2D eigenvalue weighted by molar-refractivity contribution is 5.73. The molecule has 1 aromatic carbocycles. The van der Waals surface area contributed by atoms with E-state index in [0.717, 1.165) is 60.8 Å². The summed E-state index contributed by atoms with van der Waals surface area (Å²) in [4.78, 5) is 20.2. The summed E-state index contributed by atoms with van der Waals surface area (Å²) in [6.45, 7) is 4.46. The first-order chi connectivity index (χ1) is 16.7. The molecule has 0 radical (unpaired) electrons. The van der Waals surface area contributed by atoms with Crippen molar-refractivity contribution in [2.75, 3.05) is 38.2 Å². The lowest BCUT2D eigenvalue weighted by atomic mass is 10.0. The molecule has 9 nitrogen and oxygen atoms in total. The van der Waals surface area contributed by atoms with Crippen molar-refractivity contribution in [3.63, 3.8) is 0 Å². The van der Waals surface area contributed by atoms with Crippen molar-refractivity contribution >= 4 is 17.8 Å². The molecule has 2 aliphatic heterocycles. The lowest BCUT2D eigenvalue weighted by molar-refractivity contribution is -0.193. The molecule has 2 fully saturated rings. The summed E-state index contributed by atoms with van der Waals surface area (Å²) in [5, 5.41) is 26.5. The van der Waals surface area contributed by atoms with Crippen molar-refractivity contribution in [3.8, 4) is 17.0 Å². The smallest absolute Gasteiger partial charge is 0.490 e. The number of aliphatic carboxylic acids is 2. The Balaban J connectivity index is 0.000000271. The molecule has 2 aliphatic rings. The molecular formula is C21H22F6N4O5. The predicted molar refractivity (Wildman–Crippen MR) is 113 cm³/mol. The lowest BCUT2D eigenvalue weighted by Crippen LogP contribution is -2.26. The molecule has 4 rings (SSSR count). The number of fused-ring (bicyclic) bond motifs is 1. The molecule has 1 aromatic heterocycles. The second-order valence-electron chi connectivity index (χ2n) is 7.69. The molecule has 0 spiro atoms. The van der Waals surface area contributed by atoms with Crippen LogP contribution in [0, 0.1) is 11.8 Å². The number of hydrogen-bond acceptors (Lipinski definition) is 7. The molecule has 0 amide bonds. The Morgan fingerprint density at radius 2 is 1.36 bits per heavy atom. The predicted octanol–water partition coefficient (Wildman–Crippen LogP) is 3.07. The number of carboxylic acids is 2. The van der Waals surface area contributed by atoms with Crippen LogP contribution >= 0.6 is 0 Å². The fourth-order valence-corrected chi connectivity index (χ4v) is 3.45. The van der Waals surface area contributed by atoms with Crippen LogP contribution in [-0.4, -0.2) is 78.0 Å². The second-order valence-corrected chi connectivity index (χ2v) is 7.69. The number of ether oxygens (including phenoxy) is 1. The van der Waals surface area contributed by atoms with E-state index in [4.69, 9.17) is 24.5 Å². The zero-order valence-corrected chi connectivity index (χ0v) is 18.7. The van der Waals surface area contributed by atoms with Crippen LogP contribution in [-0.2, 0) is 9.59 Å². The number of benzene rings is 1. The van der Waals surface area contributed by atoms with Gasteiger partial charge in [-0.1, -0.05) is 0 Å². The highest BCUT2D eigenvalue weighted by Crippen LogP contribution is 2.30. The van der Waals surface area contributed by atoms with E-state index < -0.39 is 24.3 Å². The van der Waals surface area contributed by atoms with Crippen LogP contribution in [0.15, 0.2) is 36.4 Å². The third-order valence-corrected chi connectivity index (χ3v) is 5.23. The van der Waals surface area contributed by atoms with Gasteiger partial charge in [0.15, 0.2) is 5.82 Å². The van der Waals surface area contributed by atoms with Crippen LogP contribution in [0.2, 0.25) is 0 Å². The summed E-state index contributed by atoms with van der Waals surface area (Å²) in [7, 11) is 1.67. The summed E-state index contributed by atoms with van der Waals surface area (Å²) < 4.78 is 68.7. The third kappa shape index (κ3) is 8.25. The molecule has 36 heavy (non-hydrogen) atoms. The number of hydrogen-bond donors (Lipinski definition) is 3. The molecule has 0 bridgehead atoms. The van der Waals surface area contributed by atoms with E-state index in [9.17, 15) is 26.3 Å². The standard InChI is InChI=1S/C17H20N4O.2C2HF3O2/c1-22-15-4-2-12(3-5-15)16-6-7-17(20-19-16)21-10-13-8-18-9-14(13)11-21;2*3-2(4,5)1(6)7/h2-7,13-14,18H,8-11H2,1H3;2*(H,6,7)/t13-,14+;;. The Morgan fingerprint density at radius 3 is 1.72 bits per heavy atom. The van der Waals surface area contributed by atoms with Gasteiger partial charge < -0.3 is 25.2 Å². The van der Waals surface area contributed by atoms with Crippen molar-refractivity contribution in [1.82, 2.24) is 15.5 Å². The maximum absolute atomic E-state index is 10.6. The van der Waals surface area contributed by atoms with Crippen LogP contribution in [0.5, 0.6) is 5.75 Å². The van der Waals surface area contributed by atoms with Crippen LogP contribution in [0.3, 0.4) is 0 Å². The number of methoxy groups -OCH3 is 1. The first-order valence-electron chi connectivity index (χ1n) is 10.3. The molecule has 2 atom stereocenters. The molecule has 198 valence electrons. The van der Waals surface area contributed by atoms with Crippen LogP contribution in [0.4, 0.5) is 32.2 Å². The van der Waals surface area contributed by atoms with E-state index >= 15 is 0 Å². The Bertz CT molecular complexity index is 979. The van der Waals surface area contributed by atoms with Crippen LogP contribution < -0.4 is 15.0 Å². The number of carbonyl (C=O) groups is 2. The van der Waals surface area contributed by atoms with Gasteiger partial charge in [-0.25, -0.2) is 9.59 Å². The van der Waals surface area contributed by atoms with E-state index in [2.05, 4.69) is 32.5 Å². The first kappa shape index (κ1) is 28.6. The minimum atomic E-state index is -5.08. The molecule has 2 aromatic rings. The average molecular weight is 524 g/mol. The Hall–Kier alpha value is -3.62. The van der Waals surface area contributed by atoms with E-state index in [1.165, 1.54) is 0 Å². The number of nitrogens with zero attached hydrogens (tertiary/aromatic N) is 3. The zero-order chi connectivity index (χ0) is 27.1. The molecule has 0 unspecified atom stereocenters. The van der Waals surface area contributed by atoms with E-state index in [1.807, 2.05) is 24.3 Å². The van der Waals surface area contributed by atoms with Gasteiger partial charge in [0.2, 0.25) is 0 Å².